The van der Waals surface area contributed by atoms with Crippen molar-refractivity contribution in [2.45, 2.75) is 6.42 Å². The Morgan fingerprint density at radius 2 is 2.00 bits per heavy atom. The maximum absolute atomic E-state index is 12.0. The van der Waals surface area contributed by atoms with Gasteiger partial charge in [-0.1, -0.05) is 30.3 Å². The number of nitro benzene ring substituents is 1. The number of benzene rings is 2. The number of hydrazone groups is 1. The number of nitro groups is 1. The van der Waals surface area contributed by atoms with Crippen LogP contribution >= 0.6 is 0 Å². The lowest BCUT2D eigenvalue weighted by Gasteiger charge is -2.01. The van der Waals surface area contributed by atoms with Crippen LogP contribution in [-0.4, -0.2) is 22.0 Å². The number of para-hydroxylation sites is 1. The zero-order valence-corrected chi connectivity index (χ0v) is 13.5. The minimum atomic E-state index is -0.522. The van der Waals surface area contributed by atoms with Gasteiger partial charge >= 0.3 is 0 Å². The lowest BCUT2D eigenvalue weighted by atomic mass is 10.1. The van der Waals surface area contributed by atoms with Crippen molar-refractivity contribution in [2.24, 2.45) is 5.10 Å². The zero-order chi connectivity index (χ0) is 18.5. The van der Waals surface area contributed by atoms with Crippen molar-refractivity contribution in [3.8, 4) is 0 Å². The maximum atomic E-state index is 12.0. The molecule has 3 aromatic rings. The zero-order valence-electron chi connectivity index (χ0n) is 13.5. The molecule has 2 aromatic carbocycles. The standard InChI is InChI=1S/C18H14N4O4/c23-17(9-12-4-3-6-15(8-12)22(25)26)21-19-11-14-10-13-5-1-2-7-16(13)20-18(14)24/h1-8,10-11H,9H2,(H,20,24)(H,21,23)/b19-11+. The number of carbonyl (C=O) groups is 1. The lowest BCUT2D eigenvalue weighted by molar-refractivity contribution is -0.384. The van der Waals surface area contributed by atoms with Crippen LogP contribution in [0.4, 0.5) is 5.69 Å². The Balaban J connectivity index is 1.68. The fourth-order valence-electron chi connectivity index (χ4n) is 2.44. The Morgan fingerprint density at radius 1 is 1.19 bits per heavy atom. The van der Waals surface area contributed by atoms with E-state index in [9.17, 15) is 19.7 Å². The van der Waals surface area contributed by atoms with Crippen LogP contribution in [0.2, 0.25) is 0 Å². The third-order valence-corrected chi connectivity index (χ3v) is 3.66. The molecule has 0 saturated heterocycles. The van der Waals surface area contributed by atoms with Crippen LogP contribution < -0.4 is 11.0 Å². The van der Waals surface area contributed by atoms with Crippen molar-refractivity contribution < 1.29 is 9.72 Å². The van der Waals surface area contributed by atoms with Crippen molar-refractivity contribution in [3.05, 3.63) is 86.2 Å². The fourth-order valence-corrected chi connectivity index (χ4v) is 2.44. The Morgan fingerprint density at radius 3 is 2.81 bits per heavy atom. The topological polar surface area (TPSA) is 117 Å². The summed E-state index contributed by atoms with van der Waals surface area (Å²) in [6, 6.07) is 14.8. The molecule has 8 nitrogen and oxygen atoms in total. The SMILES string of the molecule is O=C(Cc1cccc([N+](=O)[O-])c1)N/N=C/c1cc2ccccc2[nH]c1=O. The van der Waals surface area contributed by atoms with Gasteiger partial charge < -0.3 is 4.98 Å². The van der Waals surface area contributed by atoms with Crippen molar-refractivity contribution in [2.75, 3.05) is 0 Å². The van der Waals surface area contributed by atoms with E-state index in [1.807, 2.05) is 18.2 Å². The average molecular weight is 350 g/mol. The molecule has 0 fully saturated rings. The normalized spacial score (nSPS) is 10.9. The van der Waals surface area contributed by atoms with E-state index in [4.69, 9.17) is 0 Å². The number of pyridine rings is 1. The van der Waals surface area contributed by atoms with Crippen molar-refractivity contribution in [1.82, 2.24) is 10.4 Å². The molecule has 2 N–H and O–H groups in total. The third kappa shape index (κ3) is 3.99. The molecule has 0 saturated carbocycles. The first-order chi connectivity index (χ1) is 12.5. The van der Waals surface area contributed by atoms with E-state index >= 15 is 0 Å². The van der Waals surface area contributed by atoms with Crippen molar-refractivity contribution in [1.29, 1.82) is 0 Å². The van der Waals surface area contributed by atoms with Gasteiger partial charge in [0, 0.05) is 17.6 Å². The summed E-state index contributed by atoms with van der Waals surface area (Å²) in [6.45, 7) is 0. The fraction of sp³-hybridized carbons (Fsp3) is 0.0556. The number of rotatable bonds is 5. The molecule has 1 heterocycles. The number of fused-ring (bicyclic) bond motifs is 1. The highest BCUT2D eigenvalue weighted by atomic mass is 16.6. The highest BCUT2D eigenvalue weighted by Gasteiger charge is 2.08. The first kappa shape index (κ1) is 17.0. The second-order valence-corrected chi connectivity index (χ2v) is 5.54. The molecule has 0 unspecified atom stereocenters. The summed E-state index contributed by atoms with van der Waals surface area (Å²) in [6.07, 6.45) is 1.20. The van der Waals surface area contributed by atoms with Gasteiger partial charge in [0.15, 0.2) is 0 Å². The molecular weight excluding hydrogens is 336 g/mol. The second kappa shape index (κ2) is 7.39. The van der Waals surface area contributed by atoms with Crippen molar-refractivity contribution in [3.63, 3.8) is 0 Å². The molecule has 8 heteroatoms. The van der Waals surface area contributed by atoms with Crippen LogP contribution in [0, 0.1) is 10.1 Å². The van der Waals surface area contributed by atoms with Crippen LogP contribution in [0.15, 0.2) is 64.5 Å². The molecule has 0 spiro atoms. The summed E-state index contributed by atoms with van der Waals surface area (Å²) in [5, 5.41) is 15.4. The number of amides is 1. The predicted octanol–water partition coefficient (Wildman–Crippen LogP) is 2.13. The van der Waals surface area contributed by atoms with E-state index in [-0.39, 0.29) is 17.7 Å². The third-order valence-electron chi connectivity index (χ3n) is 3.66. The van der Waals surface area contributed by atoms with Gasteiger partial charge in [-0.15, -0.1) is 0 Å². The van der Waals surface area contributed by atoms with Gasteiger partial charge in [0.05, 0.1) is 23.1 Å². The molecular formula is C18H14N4O4. The van der Waals surface area contributed by atoms with E-state index in [2.05, 4.69) is 15.5 Å². The summed E-state index contributed by atoms with van der Waals surface area (Å²) in [5.41, 5.74) is 3.42. The van der Waals surface area contributed by atoms with Gasteiger partial charge in [-0.3, -0.25) is 19.7 Å². The maximum Gasteiger partial charge on any atom is 0.269 e. The van der Waals surface area contributed by atoms with Crippen LogP contribution in [-0.2, 0) is 11.2 Å². The van der Waals surface area contributed by atoms with Crippen LogP contribution in [0.1, 0.15) is 11.1 Å². The Hall–Kier alpha value is -3.81. The molecule has 0 aliphatic carbocycles. The Bertz CT molecular complexity index is 1070. The number of nitrogens with zero attached hydrogens (tertiary/aromatic N) is 2. The number of aromatic amines is 1. The van der Waals surface area contributed by atoms with Crippen LogP contribution in [0.5, 0.6) is 0 Å². The minimum absolute atomic E-state index is 0.0624. The molecule has 0 atom stereocenters. The molecule has 0 radical (unpaired) electrons. The number of hydrogen-bond acceptors (Lipinski definition) is 5. The van der Waals surface area contributed by atoms with E-state index < -0.39 is 10.8 Å². The summed E-state index contributed by atoms with van der Waals surface area (Å²) in [4.78, 5) is 36.8. The number of carbonyl (C=O) groups excluding carboxylic acids is 1. The smallest absolute Gasteiger partial charge is 0.269 e. The van der Waals surface area contributed by atoms with E-state index in [0.717, 1.165) is 5.39 Å². The predicted molar refractivity (Wildman–Crippen MR) is 97.1 cm³/mol. The molecule has 0 aliphatic heterocycles. The van der Waals surface area contributed by atoms with Gasteiger partial charge in [0.25, 0.3) is 11.2 Å². The number of hydrogen-bond donors (Lipinski definition) is 2. The molecule has 1 amide bonds. The monoisotopic (exact) mass is 350 g/mol. The lowest BCUT2D eigenvalue weighted by Crippen LogP contribution is -2.21. The largest absolute Gasteiger partial charge is 0.321 e. The van der Waals surface area contributed by atoms with Gasteiger partial charge in [-0.05, 0) is 23.1 Å². The van der Waals surface area contributed by atoms with E-state index in [0.29, 0.717) is 16.6 Å². The summed E-state index contributed by atoms with van der Waals surface area (Å²) in [5.74, 6) is -0.445. The average Bonchev–Trinajstić information content (AvgIpc) is 2.62. The second-order valence-electron chi connectivity index (χ2n) is 5.54. The number of aromatic nitrogens is 1. The van der Waals surface area contributed by atoms with E-state index in [1.54, 1.807) is 18.2 Å². The van der Waals surface area contributed by atoms with Gasteiger partial charge in [-0.2, -0.15) is 5.10 Å². The van der Waals surface area contributed by atoms with Gasteiger partial charge in [0.1, 0.15) is 0 Å². The molecule has 3 rings (SSSR count). The minimum Gasteiger partial charge on any atom is -0.321 e. The molecule has 130 valence electrons. The summed E-state index contributed by atoms with van der Waals surface area (Å²) >= 11 is 0. The molecule has 0 aliphatic rings. The van der Waals surface area contributed by atoms with Crippen LogP contribution in [0.25, 0.3) is 10.9 Å². The Kier molecular flexibility index (Phi) is 4.84. The molecule has 26 heavy (non-hydrogen) atoms. The first-order valence-electron chi connectivity index (χ1n) is 7.70. The number of H-pyrrole nitrogens is 1. The van der Waals surface area contributed by atoms with Crippen LogP contribution in [0.3, 0.4) is 0 Å². The quantitative estimate of drug-likeness (QED) is 0.416. The Labute approximate surface area is 147 Å². The first-order valence-corrected chi connectivity index (χ1v) is 7.70. The number of non-ortho nitro benzene ring substituents is 1. The molecule has 0 bridgehead atoms. The van der Waals surface area contributed by atoms with Crippen molar-refractivity contribution >= 4 is 28.7 Å². The highest BCUT2D eigenvalue weighted by Crippen LogP contribution is 2.13. The number of nitrogens with one attached hydrogen (secondary N) is 2. The van der Waals surface area contributed by atoms with Gasteiger partial charge in [-0.25, -0.2) is 5.43 Å². The summed E-state index contributed by atoms with van der Waals surface area (Å²) in [7, 11) is 0. The highest BCUT2D eigenvalue weighted by molar-refractivity contribution is 5.88. The summed E-state index contributed by atoms with van der Waals surface area (Å²) < 4.78 is 0. The van der Waals surface area contributed by atoms with E-state index in [1.165, 1.54) is 24.4 Å². The van der Waals surface area contributed by atoms with Gasteiger partial charge in [0.2, 0.25) is 5.91 Å². The molecule has 1 aromatic heterocycles.